The second kappa shape index (κ2) is 7.09. The summed E-state index contributed by atoms with van der Waals surface area (Å²) >= 11 is 5.68. The van der Waals surface area contributed by atoms with Gasteiger partial charge in [0.05, 0.1) is 5.56 Å². The van der Waals surface area contributed by atoms with Crippen LogP contribution in [0.5, 0.6) is 0 Å². The van der Waals surface area contributed by atoms with Crippen molar-refractivity contribution in [3.8, 4) is 0 Å². The van der Waals surface area contributed by atoms with E-state index in [-0.39, 0.29) is 18.4 Å². The highest BCUT2D eigenvalue weighted by atomic mass is 35.5. The highest BCUT2D eigenvalue weighted by Crippen LogP contribution is 2.11. The Morgan fingerprint density at radius 2 is 2.11 bits per heavy atom. The molecular formula is C13H17ClN2O3. The molecule has 0 saturated carbocycles. The van der Waals surface area contributed by atoms with E-state index in [9.17, 15) is 9.59 Å². The van der Waals surface area contributed by atoms with E-state index in [0.717, 1.165) is 0 Å². The molecule has 0 fully saturated rings. The molecule has 19 heavy (non-hydrogen) atoms. The number of carbonyl (C=O) groups excluding carboxylic acids is 1. The average Bonchev–Trinajstić information content (AvgIpc) is 2.34. The molecule has 1 heterocycles. The Hall–Kier alpha value is -1.62. The van der Waals surface area contributed by atoms with E-state index in [1.54, 1.807) is 17.0 Å². The predicted molar refractivity (Wildman–Crippen MR) is 72.3 cm³/mol. The third-order valence-corrected chi connectivity index (χ3v) is 2.87. The van der Waals surface area contributed by atoms with Gasteiger partial charge in [-0.25, -0.2) is 4.98 Å². The van der Waals surface area contributed by atoms with Crippen molar-refractivity contribution in [2.24, 2.45) is 0 Å². The number of pyridine rings is 1. The van der Waals surface area contributed by atoms with Crippen LogP contribution in [0.3, 0.4) is 0 Å². The van der Waals surface area contributed by atoms with Crippen molar-refractivity contribution in [1.82, 2.24) is 9.88 Å². The van der Waals surface area contributed by atoms with Crippen LogP contribution in [0.25, 0.3) is 0 Å². The van der Waals surface area contributed by atoms with E-state index >= 15 is 0 Å². The van der Waals surface area contributed by atoms with E-state index in [1.807, 2.05) is 13.8 Å². The SMILES string of the molecule is CC(C)N(CCCC(=O)O)C(=O)c1ccc(Cl)nc1. The molecular weight excluding hydrogens is 268 g/mol. The van der Waals surface area contributed by atoms with E-state index in [4.69, 9.17) is 16.7 Å². The topological polar surface area (TPSA) is 70.5 Å². The first-order valence-electron chi connectivity index (χ1n) is 6.06. The lowest BCUT2D eigenvalue weighted by Crippen LogP contribution is -2.38. The van der Waals surface area contributed by atoms with Gasteiger partial charge in [0.25, 0.3) is 5.91 Å². The Balaban J connectivity index is 2.72. The summed E-state index contributed by atoms with van der Waals surface area (Å²) in [6.07, 6.45) is 1.91. The van der Waals surface area contributed by atoms with Gasteiger partial charge in [0.1, 0.15) is 5.15 Å². The van der Waals surface area contributed by atoms with Gasteiger partial charge in [-0.3, -0.25) is 9.59 Å². The van der Waals surface area contributed by atoms with Gasteiger partial charge in [0.15, 0.2) is 0 Å². The summed E-state index contributed by atoms with van der Waals surface area (Å²) in [5.41, 5.74) is 0.452. The minimum absolute atomic E-state index is 0.00280. The number of amides is 1. The van der Waals surface area contributed by atoms with Crippen LogP contribution in [-0.4, -0.2) is 39.5 Å². The first kappa shape index (κ1) is 15.4. The van der Waals surface area contributed by atoms with E-state index < -0.39 is 5.97 Å². The summed E-state index contributed by atoms with van der Waals surface area (Å²) in [5, 5.41) is 8.96. The lowest BCUT2D eigenvalue weighted by Gasteiger charge is -2.26. The maximum absolute atomic E-state index is 12.3. The van der Waals surface area contributed by atoms with Gasteiger partial charge in [0, 0.05) is 25.2 Å². The van der Waals surface area contributed by atoms with Gasteiger partial charge in [-0.1, -0.05) is 11.6 Å². The molecule has 0 spiro atoms. The maximum atomic E-state index is 12.3. The molecule has 0 aliphatic carbocycles. The molecule has 0 aliphatic rings. The van der Waals surface area contributed by atoms with Crippen LogP contribution in [0.2, 0.25) is 5.15 Å². The Bertz CT molecular complexity index is 446. The Morgan fingerprint density at radius 1 is 1.42 bits per heavy atom. The number of hydrogen-bond acceptors (Lipinski definition) is 3. The van der Waals surface area contributed by atoms with Gasteiger partial charge >= 0.3 is 5.97 Å². The zero-order chi connectivity index (χ0) is 14.4. The van der Waals surface area contributed by atoms with Crippen molar-refractivity contribution in [2.75, 3.05) is 6.54 Å². The van der Waals surface area contributed by atoms with Crippen molar-refractivity contribution in [3.05, 3.63) is 29.0 Å². The highest BCUT2D eigenvalue weighted by Gasteiger charge is 2.19. The fourth-order valence-corrected chi connectivity index (χ4v) is 1.77. The quantitative estimate of drug-likeness (QED) is 0.815. The van der Waals surface area contributed by atoms with E-state index in [1.165, 1.54) is 6.20 Å². The largest absolute Gasteiger partial charge is 0.481 e. The van der Waals surface area contributed by atoms with Gasteiger partial charge in [-0.15, -0.1) is 0 Å². The lowest BCUT2D eigenvalue weighted by molar-refractivity contribution is -0.137. The summed E-state index contributed by atoms with van der Waals surface area (Å²) < 4.78 is 0. The zero-order valence-corrected chi connectivity index (χ0v) is 11.7. The van der Waals surface area contributed by atoms with Crippen LogP contribution >= 0.6 is 11.6 Å². The third-order valence-electron chi connectivity index (χ3n) is 2.65. The van der Waals surface area contributed by atoms with Crippen molar-refractivity contribution in [3.63, 3.8) is 0 Å². The lowest BCUT2D eigenvalue weighted by atomic mass is 10.2. The molecule has 0 atom stereocenters. The molecule has 0 radical (unpaired) electrons. The molecule has 104 valence electrons. The first-order valence-corrected chi connectivity index (χ1v) is 6.44. The van der Waals surface area contributed by atoms with Gasteiger partial charge < -0.3 is 10.0 Å². The smallest absolute Gasteiger partial charge is 0.303 e. The van der Waals surface area contributed by atoms with Crippen molar-refractivity contribution in [1.29, 1.82) is 0 Å². The van der Waals surface area contributed by atoms with Crippen molar-refractivity contribution >= 4 is 23.5 Å². The molecule has 6 heteroatoms. The standard InChI is InChI=1S/C13H17ClN2O3/c1-9(2)16(7-3-4-12(17)18)13(19)10-5-6-11(14)15-8-10/h5-6,8-9H,3-4,7H2,1-2H3,(H,17,18). The van der Waals surface area contributed by atoms with Crippen LogP contribution < -0.4 is 0 Å². The van der Waals surface area contributed by atoms with Crippen LogP contribution in [0.15, 0.2) is 18.3 Å². The number of carboxylic acids is 1. The molecule has 1 N–H and O–H groups in total. The molecule has 1 aromatic heterocycles. The van der Waals surface area contributed by atoms with E-state index in [2.05, 4.69) is 4.98 Å². The molecule has 0 saturated heterocycles. The van der Waals surface area contributed by atoms with Crippen molar-refractivity contribution < 1.29 is 14.7 Å². The minimum atomic E-state index is -0.857. The predicted octanol–water partition coefficient (Wildman–Crippen LogP) is 2.45. The zero-order valence-electron chi connectivity index (χ0n) is 11.0. The number of aliphatic carboxylic acids is 1. The summed E-state index contributed by atoms with van der Waals surface area (Å²) in [4.78, 5) is 28.3. The molecule has 0 bridgehead atoms. The van der Waals surface area contributed by atoms with Gasteiger partial charge in [-0.05, 0) is 32.4 Å². The molecule has 0 unspecified atom stereocenters. The Labute approximate surface area is 117 Å². The van der Waals surface area contributed by atoms with E-state index in [0.29, 0.717) is 23.7 Å². The molecule has 5 nitrogen and oxygen atoms in total. The fraction of sp³-hybridized carbons (Fsp3) is 0.462. The number of nitrogens with zero attached hydrogens (tertiary/aromatic N) is 2. The fourth-order valence-electron chi connectivity index (χ4n) is 1.66. The second-order valence-electron chi connectivity index (χ2n) is 4.46. The van der Waals surface area contributed by atoms with Crippen LogP contribution in [0.1, 0.15) is 37.0 Å². The van der Waals surface area contributed by atoms with Crippen LogP contribution in [0, 0.1) is 0 Å². The number of rotatable bonds is 6. The molecule has 0 aliphatic heterocycles. The van der Waals surface area contributed by atoms with Crippen molar-refractivity contribution in [2.45, 2.75) is 32.7 Å². The third kappa shape index (κ3) is 4.87. The molecule has 1 aromatic rings. The van der Waals surface area contributed by atoms with Crippen LogP contribution in [0.4, 0.5) is 0 Å². The highest BCUT2D eigenvalue weighted by molar-refractivity contribution is 6.29. The Kier molecular flexibility index (Phi) is 5.76. The van der Waals surface area contributed by atoms with Crippen LogP contribution in [-0.2, 0) is 4.79 Å². The van der Waals surface area contributed by atoms with Gasteiger partial charge in [0.2, 0.25) is 0 Å². The van der Waals surface area contributed by atoms with Gasteiger partial charge in [-0.2, -0.15) is 0 Å². The molecule has 1 amide bonds. The normalized spacial score (nSPS) is 10.5. The number of carboxylic acid groups (broad SMARTS) is 1. The summed E-state index contributed by atoms with van der Waals surface area (Å²) in [5.74, 6) is -1.02. The summed E-state index contributed by atoms with van der Waals surface area (Å²) in [7, 11) is 0. The number of halogens is 1. The molecule has 0 aromatic carbocycles. The summed E-state index contributed by atoms with van der Waals surface area (Å²) in [6, 6.07) is 3.17. The minimum Gasteiger partial charge on any atom is -0.481 e. The second-order valence-corrected chi connectivity index (χ2v) is 4.85. The number of hydrogen-bond donors (Lipinski definition) is 1. The maximum Gasteiger partial charge on any atom is 0.303 e. The number of carbonyl (C=O) groups is 2. The summed E-state index contributed by atoms with van der Waals surface area (Å²) in [6.45, 7) is 4.19. The Morgan fingerprint density at radius 3 is 2.58 bits per heavy atom. The average molecular weight is 285 g/mol. The number of aromatic nitrogens is 1. The molecule has 1 rings (SSSR count). The monoisotopic (exact) mass is 284 g/mol. The first-order chi connectivity index (χ1) is 8.91.